The number of para-hydroxylation sites is 1. The van der Waals surface area contributed by atoms with Crippen LogP contribution in [0.1, 0.15) is 0 Å². The number of anilines is 1. The number of aromatic nitrogens is 1. The van der Waals surface area contributed by atoms with E-state index >= 15 is 0 Å². The Morgan fingerprint density at radius 2 is 1.75 bits per heavy atom. The van der Waals surface area contributed by atoms with Gasteiger partial charge in [-0.15, -0.1) is 11.3 Å². The van der Waals surface area contributed by atoms with Gasteiger partial charge in [0.2, 0.25) is 0 Å². The number of hydrogen-bond acceptors (Lipinski definition) is 3. The second-order valence-electron chi connectivity index (χ2n) is 3.59. The Bertz CT molecular complexity index is 643. The lowest BCUT2D eigenvalue weighted by molar-refractivity contribution is 1.50. The van der Waals surface area contributed by atoms with Crippen molar-refractivity contribution in [1.29, 1.82) is 0 Å². The molecule has 2 aromatic carbocycles. The molecule has 0 spiro atoms. The van der Waals surface area contributed by atoms with Crippen LogP contribution in [-0.4, -0.2) is 4.98 Å². The molecule has 3 rings (SSSR count). The first-order valence-electron chi connectivity index (χ1n) is 5.03. The maximum atomic E-state index is 6.00. The van der Waals surface area contributed by atoms with E-state index in [1.165, 1.54) is 4.70 Å². The van der Waals surface area contributed by atoms with Crippen molar-refractivity contribution in [2.45, 2.75) is 0 Å². The average molecular weight is 226 g/mol. The van der Waals surface area contributed by atoms with Gasteiger partial charge in [-0.1, -0.05) is 30.3 Å². The number of thiazole rings is 1. The van der Waals surface area contributed by atoms with Gasteiger partial charge in [0.05, 0.1) is 15.7 Å². The summed E-state index contributed by atoms with van der Waals surface area (Å²) in [5, 5.41) is 0. The normalized spacial score (nSPS) is 10.8. The molecule has 2 nitrogen and oxygen atoms in total. The standard InChI is InChI=1S/C13H10N2S/c14-11-6-2-1-4-9(11)10-5-3-7-12-13(10)16-8-15-12/h1-8H,14H2. The Hall–Kier alpha value is -1.87. The van der Waals surface area contributed by atoms with E-state index in [9.17, 15) is 0 Å². The van der Waals surface area contributed by atoms with E-state index in [1.807, 2.05) is 41.9 Å². The Morgan fingerprint density at radius 1 is 0.938 bits per heavy atom. The van der Waals surface area contributed by atoms with Gasteiger partial charge in [-0.2, -0.15) is 0 Å². The maximum Gasteiger partial charge on any atom is 0.0818 e. The van der Waals surface area contributed by atoms with Crippen LogP contribution in [-0.2, 0) is 0 Å². The summed E-state index contributed by atoms with van der Waals surface area (Å²) in [4.78, 5) is 4.31. The van der Waals surface area contributed by atoms with Crippen LogP contribution >= 0.6 is 11.3 Å². The third-order valence-corrected chi connectivity index (χ3v) is 3.48. The zero-order chi connectivity index (χ0) is 11.0. The van der Waals surface area contributed by atoms with Gasteiger partial charge in [-0.3, -0.25) is 0 Å². The number of rotatable bonds is 1. The molecule has 0 fully saturated rings. The quantitative estimate of drug-likeness (QED) is 0.644. The molecule has 0 aliphatic heterocycles. The monoisotopic (exact) mass is 226 g/mol. The smallest absolute Gasteiger partial charge is 0.0818 e. The van der Waals surface area contributed by atoms with Crippen LogP contribution in [0.5, 0.6) is 0 Å². The lowest BCUT2D eigenvalue weighted by Gasteiger charge is -2.05. The van der Waals surface area contributed by atoms with Crippen molar-refractivity contribution < 1.29 is 0 Å². The lowest BCUT2D eigenvalue weighted by atomic mass is 10.0. The van der Waals surface area contributed by atoms with Gasteiger partial charge in [0, 0.05) is 16.8 Å². The number of nitrogens with zero attached hydrogens (tertiary/aromatic N) is 1. The lowest BCUT2D eigenvalue weighted by Crippen LogP contribution is -1.89. The van der Waals surface area contributed by atoms with Crippen molar-refractivity contribution in [2.75, 3.05) is 5.73 Å². The van der Waals surface area contributed by atoms with Crippen LogP contribution in [0.4, 0.5) is 5.69 Å². The van der Waals surface area contributed by atoms with Gasteiger partial charge in [0.25, 0.3) is 0 Å². The summed E-state index contributed by atoms with van der Waals surface area (Å²) in [7, 11) is 0. The maximum absolute atomic E-state index is 6.00. The summed E-state index contributed by atoms with van der Waals surface area (Å²) in [6, 6.07) is 14.1. The average Bonchev–Trinajstić information content (AvgIpc) is 2.77. The van der Waals surface area contributed by atoms with Crippen molar-refractivity contribution in [3.8, 4) is 11.1 Å². The molecule has 0 radical (unpaired) electrons. The SMILES string of the molecule is Nc1ccccc1-c1cccc2ncsc12. The van der Waals surface area contributed by atoms with Crippen molar-refractivity contribution in [3.63, 3.8) is 0 Å². The van der Waals surface area contributed by atoms with Gasteiger partial charge >= 0.3 is 0 Å². The van der Waals surface area contributed by atoms with E-state index < -0.39 is 0 Å². The highest BCUT2D eigenvalue weighted by atomic mass is 32.1. The van der Waals surface area contributed by atoms with Crippen LogP contribution in [0, 0.1) is 0 Å². The molecular formula is C13H10N2S. The van der Waals surface area contributed by atoms with Crippen molar-refractivity contribution in [2.24, 2.45) is 0 Å². The van der Waals surface area contributed by atoms with E-state index in [-0.39, 0.29) is 0 Å². The topological polar surface area (TPSA) is 38.9 Å². The highest BCUT2D eigenvalue weighted by Crippen LogP contribution is 2.33. The van der Waals surface area contributed by atoms with Gasteiger partial charge in [-0.25, -0.2) is 4.98 Å². The minimum absolute atomic E-state index is 0.809. The molecule has 1 heterocycles. The molecular weight excluding hydrogens is 216 g/mol. The Kier molecular flexibility index (Phi) is 2.11. The predicted octanol–water partition coefficient (Wildman–Crippen LogP) is 3.55. The molecule has 16 heavy (non-hydrogen) atoms. The molecule has 0 atom stereocenters. The summed E-state index contributed by atoms with van der Waals surface area (Å²) >= 11 is 1.65. The van der Waals surface area contributed by atoms with Crippen LogP contribution in [0.15, 0.2) is 48.0 Å². The zero-order valence-corrected chi connectivity index (χ0v) is 9.37. The number of nitrogens with two attached hydrogens (primary N) is 1. The first-order valence-corrected chi connectivity index (χ1v) is 5.91. The van der Waals surface area contributed by atoms with E-state index in [0.717, 1.165) is 22.3 Å². The molecule has 0 aliphatic rings. The molecule has 0 saturated carbocycles. The van der Waals surface area contributed by atoms with E-state index in [4.69, 9.17) is 5.73 Å². The Morgan fingerprint density at radius 3 is 2.62 bits per heavy atom. The van der Waals surface area contributed by atoms with Crippen LogP contribution in [0.3, 0.4) is 0 Å². The summed E-state index contributed by atoms with van der Waals surface area (Å²) in [6.45, 7) is 0. The molecule has 78 valence electrons. The second kappa shape index (κ2) is 3.61. The van der Waals surface area contributed by atoms with E-state index in [0.29, 0.717) is 0 Å². The fraction of sp³-hybridized carbons (Fsp3) is 0. The molecule has 3 aromatic rings. The molecule has 0 saturated heterocycles. The van der Waals surface area contributed by atoms with E-state index in [2.05, 4.69) is 11.1 Å². The van der Waals surface area contributed by atoms with E-state index in [1.54, 1.807) is 11.3 Å². The van der Waals surface area contributed by atoms with Crippen LogP contribution in [0.2, 0.25) is 0 Å². The van der Waals surface area contributed by atoms with Crippen molar-refractivity contribution in [3.05, 3.63) is 48.0 Å². The molecule has 0 bridgehead atoms. The minimum Gasteiger partial charge on any atom is -0.398 e. The third kappa shape index (κ3) is 1.37. The first kappa shape index (κ1) is 9.36. The fourth-order valence-corrected chi connectivity index (χ4v) is 2.66. The van der Waals surface area contributed by atoms with Crippen molar-refractivity contribution >= 4 is 27.2 Å². The van der Waals surface area contributed by atoms with Gasteiger partial charge in [0.15, 0.2) is 0 Å². The summed E-state index contributed by atoms with van der Waals surface area (Å²) in [5.41, 5.74) is 12.0. The fourth-order valence-electron chi connectivity index (χ4n) is 1.84. The number of hydrogen-bond donors (Lipinski definition) is 1. The largest absolute Gasteiger partial charge is 0.398 e. The van der Waals surface area contributed by atoms with Crippen LogP contribution < -0.4 is 5.73 Å². The summed E-state index contributed by atoms with van der Waals surface area (Å²) < 4.78 is 1.19. The molecule has 1 aromatic heterocycles. The summed E-state index contributed by atoms with van der Waals surface area (Å²) in [5.74, 6) is 0. The third-order valence-electron chi connectivity index (χ3n) is 2.61. The molecule has 0 amide bonds. The molecule has 2 N–H and O–H groups in total. The van der Waals surface area contributed by atoms with Gasteiger partial charge in [-0.05, 0) is 12.1 Å². The highest BCUT2D eigenvalue weighted by molar-refractivity contribution is 7.17. The van der Waals surface area contributed by atoms with Crippen LogP contribution in [0.25, 0.3) is 21.3 Å². The molecule has 0 unspecified atom stereocenters. The number of fused-ring (bicyclic) bond motifs is 1. The molecule has 3 heteroatoms. The molecule has 0 aliphatic carbocycles. The predicted molar refractivity (Wildman–Crippen MR) is 69.5 cm³/mol. The summed E-state index contributed by atoms with van der Waals surface area (Å²) in [6.07, 6.45) is 0. The number of benzene rings is 2. The first-order chi connectivity index (χ1) is 7.86. The van der Waals surface area contributed by atoms with Gasteiger partial charge in [0.1, 0.15) is 0 Å². The number of nitrogen functional groups attached to an aromatic ring is 1. The zero-order valence-electron chi connectivity index (χ0n) is 8.55. The Labute approximate surface area is 97.4 Å². The highest BCUT2D eigenvalue weighted by Gasteiger charge is 2.07. The minimum atomic E-state index is 0.809. The van der Waals surface area contributed by atoms with Gasteiger partial charge < -0.3 is 5.73 Å². The Balaban J connectivity index is 2.34. The van der Waals surface area contributed by atoms with Crippen molar-refractivity contribution in [1.82, 2.24) is 4.98 Å². The second-order valence-corrected chi connectivity index (χ2v) is 4.45.